The second-order valence-electron chi connectivity index (χ2n) is 9.01. The van der Waals surface area contributed by atoms with Gasteiger partial charge < -0.3 is 23.0 Å². The number of phosphoric acid groups is 1. The Kier molecular flexibility index (Phi) is 8.13. The molecular weight excluding hydrogens is 519 g/mol. The first-order valence-electron chi connectivity index (χ1n) is 12.6. The van der Waals surface area contributed by atoms with Crippen LogP contribution in [0.1, 0.15) is 24.8 Å². The highest BCUT2D eigenvalue weighted by molar-refractivity contribution is 7.49. The van der Waals surface area contributed by atoms with Gasteiger partial charge in [-0.3, -0.25) is 0 Å². The number of allylic oxidation sites excluding steroid dienone is 1. The van der Waals surface area contributed by atoms with Crippen molar-refractivity contribution in [3.63, 3.8) is 0 Å². The summed E-state index contributed by atoms with van der Waals surface area (Å²) in [7, 11) is -4.35. The SMILES string of the molecule is O=C1C=C[C@@H]([C@@H]2CCCC(OP(=O)(Oc3ccccc3)Oc3ccccc3)=C2C(=O)OCc2ccccc2)O1. The Labute approximate surface area is 226 Å². The lowest BCUT2D eigenvalue weighted by atomic mass is 9.82. The lowest BCUT2D eigenvalue weighted by molar-refractivity contribution is -0.145. The van der Waals surface area contributed by atoms with Gasteiger partial charge in [0.15, 0.2) is 0 Å². The van der Waals surface area contributed by atoms with Gasteiger partial charge in [0.25, 0.3) is 0 Å². The van der Waals surface area contributed by atoms with Gasteiger partial charge >= 0.3 is 19.8 Å². The highest BCUT2D eigenvalue weighted by Gasteiger charge is 2.42. The predicted octanol–water partition coefficient (Wildman–Crippen LogP) is 6.55. The summed E-state index contributed by atoms with van der Waals surface area (Å²) in [6.07, 6.45) is 3.68. The fourth-order valence-corrected chi connectivity index (χ4v) is 5.80. The van der Waals surface area contributed by atoms with Crippen LogP contribution in [-0.4, -0.2) is 18.0 Å². The first-order valence-corrected chi connectivity index (χ1v) is 14.1. The highest BCUT2D eigenvalue weighted by Crippen LogP contribution is 2.53. The number of para-hydroxylation sites is 2. The van der Waals surface area contributed by atoms with Crippen molar-refractivity contribution in [1.29, 1.82) is 0 Å². The Morgan fingerprint density at radius 3 is 2.00 bits per heavy atom. The van der Waals surface area contributed by atoms with E-state index in [2.05, 4.69) is 0 Å². The molecule has 2 aliphatic rings. The summed E-state index contributed by atoms with van der Waals surface area (Å²) < 4.78 is 42.7. The molecule has 2 atom stereocenters. The molecule has 200 valence electrons. The molecule has 0 fully saturated rings. The topological polar surface area (TPSA) is 97.4 Å². The molecular formula is C30H27O8P. The molecule has 39 heavy (non-hydrogen) atoms. The van der Waals surface area contributed by atoms with Crippen molar-refractivity contribution < 1.29 is 37.2 Å². The molecule has 9 heteroatoms. The molecule has 1 heterocycles. The number of hydrogen-bond donors (Lipinski definition) is 0. The number of esters is 2. The second kappa shape index (κ2) is 12.0. The van der Waals surface area contributed by atoms with Gasteiger partial charge in [-0.25, -0.2) is 9.59 Å². The molecule has 3 aromatic carbocycles. The minimum atomic E-state index is -4.35. The maximum absolute atomic E-state index is 14.1. The van der Waals surface area contributed by atoms with Crippen molar-refractivity contribution in [2.45, 2.75) is 32.0 Å². The van der Waals surface area contributed by atoms with Crippen LogP contribution in [0.4, 0.5) is 0 Å². The maximum Gasteiger partial charge on any atom is 0.646 e. The van der Waals surface area contributed by atoms with E-state index in [0.717, 1.165) is 5.56 Å². The van der Waals surface area contributed by atoms with Crippen LogP contribution in [0.2, 0.25) is 0 Å². The van der Waals surface area contributed by atoms with Gasteiger partial charge in [-0.1, -0.05) is 66.7 Å². The van der Waals surface area contributed by atoms with Crippen LogP contribution >= 0.6 is 7.82 Å². The fraction of sp³-hybridized carbons (Fsp3) is 0.200. The molecule has 8 nitrogen and oxygen atoms in total. The Hall–Kier alpha value is -4.29. The van der Waals surface area contributed by atoms with Crippen molar-refractivity contribution >= 4 is 19.8 Å². The molecule has 0 spiro atoms. The maximum atomic E-state index is 14.1. The summed E-state index contributed by atoms with van der Waals surface area (Å²) in [6.45, 7) is 0.0299. The van der Waals surface area contributed by atoms with Gasteiger partial charge in [-0.15, -0.1) is 0 Å². The summed E-state index contributed by atoms with van der Waals surface area (Å²) in [5.74, 6) is -1.04. The van der Waals surface area contributed by atoms with E-state index in [1.807, 2.05) is 30.3 Å². The molecule has 0 unspecified atom stereocenters. The summed E-state index contributed by atoms with van der Waals surface area (Å²) in [6, 6.07) is 26.2. The number of rotatable bonds is 10. The zero-order valence-electron chi connectivity index (χ0n) is 21.0. The first-order chi connectivity index (χ1) is 19.0. The minimum absolute atomic E-state index is 0.0299. The van der Waals surface area contributed by atoms with Gasteiger partial charge in [0, 0.05) is 18.4 Å². The number of hydrogen-bond acceptors (Lipinski definition) is 8. The van der Waals surface area contributed by atoms with Gasteiger partial charge in [0.2, 0.25) is 0 Å². The molecule has 0 bridgehead atoms. The number of phosphoric ester groups is 1. The largest absolute Gasteiger partial charge is 0.646 e. The number of carbonyl (C=O) groups excluding carboxylic acids is 2. The molecule has 5 rings (SSSR count). The van der Waals surface area contributed by atoms with E-state index in [1.165, 1.54) is 6.08 Å². The van der Waals surface area contributed by atoms with E-state index >= 15 is 0 Å². The molecule has 0 aromatic heterocycles. The zero-order chi connectivity index (χ0) is 27.1. The van der Waals surface area contributed by atoms with E-state index in [9.17, 15) is 14.2 Å². The third kappa shape index (κ3) is 6.78. The summed E-state index contributed by atoms with van der Waals surface area (Å²) >= 11 is 0. The average Bonchev–Trinajstić information content (AvgIpc) is 3.39. The van der Waals surface area contributed by atoms with E-state index < -0.39 is 31.8 Å². The number of carbonyl (C=O) groups is 2. The van der Waals surface area contributed by atoms with Crippen molar-refractivity contribution in [3.8, 4) is 11.5 Å². The molecule has 0 radical (unpaired) electrons. The molecule has 0 saturated carbocycles. The Balaban J connectivity index is 1.49. The van der Waals surface area contributed by atoms with E-state index in [4.69, 9.17) is 23.0 Å². The third-order valence-corrected chi connectivity index (χ3v) is 7.55. The second-order valence-corrected chi connectivity index (χ2v) is 10.4. The number of cyclic esters (lactones) is 1. The summed E-state index contributed by atoms with van der Waals surface area (Å²) in [4.78, 5) is 25.4. The van der Waals surface area contributed by atoms with Crippen molar-refractivity contribution in [2.75, 3.05) is 0 Å². The van der Waals surface area contributed by atoms with Crippen molar-refractivity contribution in [3.05, 3.63) is 120 Å². The van der Waals surface area contributed by atoms with E-state index in [0.29, 0.717) is 12.8 Å². The van der Waals surface area contributed by atoms with Gasteiger partial charge in [-0.2, -0.15) is 4.57 Å². The lowest BCUT2D eigenvalue weighted by Gasteiger charge is -2.31. The Morgan fingerprint density at radius 2 is 1.44 bits per heavy atom. The normalized spacial score (nSPS) is 18.8. The van der Waals surface area contributed by atoms with Crippen molar-refractivity contribution in [1.82, 2.24) is 0 Å². The lowest BCUT2D eigenvalue weighted by Crippen LogP contribution is -2.31. The zero-order valence-corrected chi connectivity index (χ0v) is 21.9. The van der Waals surface area contributed by atoms with Gasteiger partial charge in [-0.05, 0) is 48.7 Å². The predicted molar refractivity (Wildman–Crippen MR) is 142 cm³/mol. The Morgan fingerprint density at radius 1 is 0.846 bits per heavy atom. The van der Waals surface area contributed by atoms with Crippen LogP contribution in [-0.2, 0) is 34.8 Å². The standard InChI is InChI=1S/C30H27O8P/c31-28-20-19-26(35-28)25-17-10-18-27(29(25)30(32)34-21-22-11-4-1-5-12-22)38-39(33,36-23-13-6-2-7-14-23)37-24-15-8-3-9-16-24/h1-9,11-16,19-20,25-26H,10,17-18,21H2/t25-,26-/m0/s1. The van der Waals surface area contributed by atoms with Crippen molar-refractivity contribution in [2.24, 2.45) is 5.92 Å². The molecule has 3 aromatic rings. The van der Waals surface area contributed by atoms with E-state index in [1.54, 1.807) is 66.7 Å². The smallest absolute Gasteiger partial charge is 0.457 e. The fourth-order valence-electron chi connectivity index (χ4n) is 4.47. The summed E-state index contributed by atoms with van der Waals surface area (Å²) in [5.41, 5.74) is 0.953. The average molecular weight is 547 g/mol. The monoisotopic (exact) mass is 546 g/mol. The molecule has 1 aliphatic carbocycles. The van der Waals surface area contributed by atoms with E-state index in [-0.39, 0.29) is 35.9 Å². The van der Waals surface area contributed by atoms with Crippen LogP contribution in [0.5, 0.6) is 11.5 Å². The quantitative estimate of drug-likeness (QED) is 0.209. The van der Waals surface area contributed by atoms with Crippen LogP contribution in [0, 0.1) is 5.92 Å². The molecule has 0 N–H and O–H groups in total. The first kappa shape index (κ1) is 26.3. The Bertz CT molecular complexity index is 1360. The highest BCUT2D eigenvalue weighted by atomic mass is 31.2. The molecule has 1 aliphatic heterocycles. The third-order valence-electron chi connectivity index (χ3n) is 6.24. The summed E-state index contributed by atoms with van der Waals surface area (Å²) in [5, 5.41) is 0. The van der Waals surface area contributed by atoms with Crippen LogP contribution in [0.15, 0.2) is 114 Å². The van der Waals surface area contributed by atoms with Crippen LogP contribution in [0.25, 0.3) is 0 Å². The van der Waals surface area contributed by atoms with Gasteiger partial charge in [0.1, 0.15) is 30.0 Å². The van der Waals surface area contributed by atoms with Crippen LogP contribution < -0.4 is 9.05 Å². The minimum Gasteiger partial charge on any atom is -0.457 e. The number of ether oxygens (including phenoxy) is 2. The molecule has 0 saturated heterocycles. The number of benzene rings is 3. The van der Waals surface area contributed by atoms with Crippen LogP contribution in [0.3, 0.4) is 0 Å². The molecule has 0 amide bonds. The van der Waals surface area contributed by atoms with Gasteiger partial charge in [0.05, 0.1) is 5.57 Å².